The molecule has 0 spiro atoms. The molecule has 1 atom stereocenters. The van der Waals surface area contributed by atoms with Crippen LogP contribution in [-0.4, -0.2) is 62.7 Å². The smallest absolute Gasteiger partial charge is 0.242 e. The Kier molecular flexibility index (Phi) is 10.4. The highest BCUT2D eigenvalue weighted by Gasteiger charge is 2.34. The van der Waals surface area contributed by atoms with Crippen molar-refractivity contribution in [3.63, 3.8) is 0 Å². The summed E-state index contributed by atoms with van der Waals surface area (Å²) < 4.78 is 4.92. The molecular formula is C14H28ClN3O3. The molecule has 1 heterocycles. The second-order valence-corrected chi connectivity index (χ2v) is 5.38. The van der Waals surface area contributed by atoms with Gasteiger partial charge in [-0.25, -0.2) is 0 Å². The standard InChI is InChI=1S/C14H27N3O3.ClH/c1-11(2)14(19)17-9-4-5-12(17)13(18)16-7-6-15-8-10-20-3;/h11-12,15H,4-10H2,1-3H3,(H,16,18);1H. The molecule has 0 aromatic carbocycles. The van der Waals surface area contributed by atoms with Crippen molar-refractivity contribution in [2.24, 2.45) is 5.92 Å². The van der Waals surface area contributed by atoms with Crippen LogP contribution in [0.25, 0.3) is 0 Å². The summed E-state index contributed by atoms with van der Waals surface area (Å²) in [7, 11) is 1.66. The molecule has 1 aliphatic heterocycles. The summed E-state index contributed by atoms with van der Waals surface area (Å²) in [6, 6.07) is -0.288. The Labute approximate surface area is 133 Å². The van der Waals surface area contributed by atoms with E-state index in [1.807, 2.05) is 13.8 Å². The average Bonchev–Trinajstić information content (AvgIpc) is 2.90. The molecule has 2 amide bonds. The molecule has 0 radical (unpaired) electrons. The van der Waals surface area contributed by atoms with Crippen LogP contribution in [0.15, 0.2) is 0 Å². The van der Waals surface area contributed by atoms with E-state index in [9.17, 15) is 9.59 Å². The van der Waals surface area contributed by atoms with Crippen LogP contribution in [0, 0.1) is 5.92 Å². The largest absolute Gasteiger partial charge is 0.383 e. The summed E-state index contributed by atoms with van der Waals surface area (Å²) in [6.45, 7) is 7.15. The number of ether oxygens (including phenoxy) is 1. The minimum Gasteiger partial charge on any atom is -0.383 e. The fourth-order valence-corrected chi connectivity index (χ4v) is 2.33. The summed E-state index contributed by atoms with van der Waals surface area (Å²) in [4.78, 5) is 25.9. The van der Waals surface area contributed by atoms with Crippen molar-refractivity contribution in [2.75, 3.05) is 39.9 Å². The van der Waals surface area contributed by atoms with Gasteiger partial charge in [0.1, 0.15) is 6.04 Å². The van der Waals surface area contributed by atoms with E-state index in [-0.39, 0.29) is 36.2 Å². The molecule has 6 nitrogen and oxygen atoms in total. The summed E-state index contributed by atoms with van der Waals surface area (Å²) >= 11 is 0. The van der Waals surface area contributed by atoms with Crippen LogP contribution in [-0.2, 0) is 14.3 Å². The number of likely N-dealkylation sites (tertiary alicyclic amines) is 1. The van der Waals surface area contributed by atoms with Crippen LogP contribution in [0.3, 0.4) is 0 Å². The van der Waals surface area contributed by atoms with Gasteiger partial charge in [0.25, 0.3) is 0 Å². The molecule has 1 unspecified atom stereocenters. The van der Waals surface area contributed by atoms with Gasteiger partial charge in [-0.15, -0.1) is 12.4 Å². The number of amides is 2. The first-order valence-electron chi connectivity index (χ1n) is 7.35. The van der Waals surface area contributed by atoms with Gasteiger partial charge < -0.3 is 20.3 Å². The molecule has 21 heavy (non-hydrogen) atoms. The van der Waals surface area contributed by atoms with Gasteiger partial charge in [0, 0.05) is 39.2 Å². The Morgan fingerprint density at radius 2 is 2.00 bits per heavy atom. The monoisotopic (exact) mass is 321 g/mol. The Morgan fingerprint density at radius 1 is 1.29 bits per heavy atom. The van der Waals surface area contributed by atoms with Crippen molar-refractivity contribution in [3.05, 3.63) is 0 Å². The molecule has 124 valence electrons. The second-order valence-electron chi connectivity index (χ2n) is 5.38. The summed E-state index contributed by atoms with van der Waals surface area (Å²) in [6.07, 6.45) is 1.67. The third-order valence-corrected chi connectivity index (χ3v) is 3.42. The van der Waals surface area contributed by atoms with Crippen molar-refractivity contribution in [1.82, 2.24) is 15.5 Å². The van der Waals surface area contributed by atoms with Crippen molar-refractivity contribution >= 4 is 24.2 Å². The van der Waals surface area contributed by atoms with E-state index < -0.39 is 0 Å². The summed E-state index contributed by atoms with van der Waals surface area (Å²) in [5, 5.41) is 6.05. The number of nitrogens with one attached hydrogen (secondary N) is 2. The highest BCUT2D eigenvalue weighted by molar-refractivity contribution is 5.88. The lowest BCUT2D eigenvalue weighted by atomic mass is 10.1. The number of nitrogens with zero attached hydrogens (tertiary/aromatic N) is 1. The van der Waals surface area contributed by atoms with Gasteiger partial charge in [-0.05, 0) is 12.8 Å². The lowest BCUT2D eigenvalue weighted by molar-refractivity contribution is -0.140. The molecule has 0 aromatic heterocycles. The quantitative estimate of drug-likeness (QED) is 0.635. The molecule has 1 aliphatic rings. The number of halogens is 1. The first kappa shape index (κ1) is 20.1. The maximum absolute atomic E-state index is 12.1. The molecule has 0 saturated carbocycles. The molecule has 1 fully saturated rings. The predicted octanol–water partition coefficient (Wildman–Crippen LogP) is 0.407. The Morgan fingerprint density at radius 3 is 2.62 bits per heavy atom. The number of methoxy groups -OCH3 is 1. The van der Waals surface area contributed by atoms with E-state index in [4.69, 9.17) is 4.74 Å². The Balaban J connectivity index is 0.00000400. The molecule has 1 rings (SSSR count). The van der Waals surface area contributed by atoms with Crippen molar-refractivity contribution in [2.45, 2.75) is 32.7 Å². The van der Waals surface area contributed by atoms with E-state index >= 15 is 0 Å². The normalized spacial score (nSPS) is 17.7. The van der Waals surface area contributed by atoms with Gasteiger partial charge in [-0.3, -0.25) is 9.59 Å². The van der Waals surface area contributed by atoms with Gasteiger partial charge in [0.15, 0.2) is 0 Å². The van der Waals surface area contributed by atoms with E-state index in [0.717, 1.165) is 19.4 Å². The lowest BCUT2D eigenvalue weighted by Gasteiger charge is -2.25. The summed E-state index contributed by atoms with van der Waals surface area (Å²) in [5.41, 5.74) is 0. The van der Waals surface area contributed by atoms with E-state index in [2.05, 4.69) is 10.6 Å². The molecular weight excluding hydrogens is 294 g/mol. The van der Waals surface area contributed by atoms with Crippen LogP contribution in [0.1, 0.15) is 26.7 Å². The van der Waals surface area contributed by atoms with E-state index in [0.29, 0.717) is 26.2 Å². The van der Waals surface area contributed by atoms with Gasteiger partial charge in [0.05, 0.1) is 6.61 Å². The maximum atomic E-state index is 12.1. The van der Waals surface area contributed by atoms with Gasteiger partial charge in [-0.1, -0.05) is 13.8 Å². The molecule has 0 aliphatic carbocycles. The number of hydrogen-bond donors (Lipinski definition) is 2. The minimum atomic E-state index is -0.288. The molecule has 0 aromatic rings. The maximum Gasteiger partial charge on any atom is 0.242 e. The Bertz CT molecular complexity index is 327. The van der Waals surface area contributed by atoms with Gasteiger partial charge >= 0.3 is 0 Å². The SMILES string of the molecule is COCCNCCNC(=O)C1CCCN1C(=O)C(C)C.Cl. The molecule has 2 N–H and O–H groups in total. The fourth-order valence-electron chi connectivity index (χ4n) is 2.33. The van der Waals surface area contributed by atoms with E-state index in [1.54, 1.807) is 12.0 Å². The molecule has 0 bridgehead atoms. The first-order valence-corrected chi connectivity index (χ1v) is 7.35. The van der Waals surface area contributed by atoms with Gasteiger partial charge in [-0.2, -0.15) is 0 Å². The minimum absolute atomic E-state index is 0. The highest BCUT2D eigenvalue weighted by atomic mass is 35.5. The zero-order valence-electron chi connectivity index (χ0n) is 13.2. The average molecular weight is 322 g/mol. The second kappa shape index (κ2) is 10.8. The third-order valence-electron chi connectivity index (χ3n) is 3.42. The summed E-state index contributed by atoms with van der Waals surface area (Å²) in [5.74, 6) is -0.0231. The van der Waals surface area contributed by atoms with E-state index in [1.165, 1.54) is 0 Å². The number of carbonyl (C=O) groups excluding carboxylic acids is 2. The predicted molar refractivity (Wildman–Crippen MR) is 84.6 cm³/mol. The number of hydrogen-bond acceptors (Lipinski definition) is 4. The topological polar surface area (TPSA) is 70.7 Å². The first-order chi connectivity index (χ1) is 9.57. The van der Waals surface area contributed by atoms with Crippen molar-refractivity contribution in [3.8, 4) is 0 Å². The van der Waals surface area contributed by atoms with Crippen LogP contribution in [0.5, 0.6) is 0 Å². The molecule has 7 heteroatoms. The highest BCUT2D eigenvalue weighted by Crippen LogP contribution is 2.19. The van der Waals surface area contributed by atoms with Crippen LogP contribution in [0.4, 0.5) is 0 Å². The lowest BCUT2D eigenvalue weighted by Crippen LogP contribution is -2.48. The fraction of sp³-hybridized carbons (Fsp3) is 0.857. The van der Waals surface area contributed by atoms with Crippen LogP contribution in [0.2, 0.25) is 0 Å². The van der Waals surface area contributed by atoms with Crippen molar-refractivity contribution < 1.29 is 14.3 Å². The molecule has 1 saturated heterocycles. The number of carbonyl (C=O) groups is 2. The zero-order valence-corrected chi connectivity index (χ0v) is 14.0. The van der Waals surface area contributed by atoms with Crippen molar-refractivity contribution in [1.29, 1.82) is 0 Å². The van der Waals surface area contributed by atoms with Crippen LogP contribution >= 0.6 is 12.4 Å². The number of rotatable bonds is 8. The zero-order chi connectivity index (χ0) is 15.0. The van der Waals surface area contributed by atoms with Gasteiger partial charge in [0.2, 0.25) is 11.8 Å². The Hall–Kier alpha value is -0.850. The third kappa shape index (κ3) is 6.63. The van der Waals surface area contributed by atoms with Crippen LogP contribution < -0.4 is 10.6 Å².